The summed E-state index contributed by atoms with van der Waals surface area (Å²) >= 11 is 10.2. The molecule has 0 spiro atoms. The number of nitro benzene ring substituents is 1. The molecule has 0 saturated carbocycles. The smallest absolute Gasteiger partial charge is 0.270 e. The monoisotopic (exact) mass is 477 g/mol. The molecule has 0 bridgehead atoms. The van der Waals surface area contributed by atoms with E-state index in [1.54, 1.807) is 6.07 Å². The average Bonchev–Trinajstić information content (AvgIpc) is 2.47. The SMILES string of the molecule is O=[N+]([O-])c1ccc(COc2ccc(Br)c(CBr)c2)c(Br)c1. The largest absolute Gasteiger partial charge is 0.489 e. The van der Waals surface area contributed by atoms with Gasteiger partial charge in [-0.15, -0.1) is 0 Å². The van der Waals surface area contributed by atoms with Crippen LogP contribution in [0.25, 0.3) is 0 Å². The highest BCUT2D eigenvalue weighted by atomic mass is 79.9. The lowest BCUT2D eigenvalue weighted by Crippen LogP contribution is -1.98. The number of ether oxygens (including phenoxy) is 1. The summed E-state index contributed by atoms with van der Waals surface area (Å²) in [6.07, 6.45) is 0. The van der Waals surface area contributed by atoms with Crippen molar-refractivity contribution >= 4 is 53.5 Å². The van der Waals surface area contributed by atoms with Gasteiger partial charge in [0.1, 0.15) is 12.4 Å². The zero-order valence-corrected chi connectivity index (χ0v) is 15.4. The molecular formula is C14H10Br3NO3. The lowest BCUT2D eigenvalue weighted by molar-refractivity contribution is -0.384. The summed E-state index contributed by atoms with van der Waals surface area (Å²) in [5, 5.41) is 11.4. The topological polar surface area (TPSA) is 52.4 Å². The summed E-state index contributed by atoms with van der Waals surface area (Å²) in [7, 11) is 0. The summed E-state index contributed by atoms with van der Waals surface area (Å²) in [4.78, 5) is 10.3. The fourth-order valence-corrected chi connectivity index (χ4v) is 3.38. The third kappa shape index (κ3) is 4.28. The Balaban J connectivity index is 2.11. The van der Waals surface area contributed by atoms with Gasteiger partial charge in [-0.2, -0.15) is 0 Å². The number of hydrogen-bond acceptors (Lipinski definition) is 3. The van der Waals surface area contributed by atoms with Crippen molar-refractivity contribution < 1.29 is 9.66 Å². The Morgan fingerprint density at radius 2 is 1.81 bits per heavy atom. The zero-order chi connectivity index (χ0) is 15.4. The van der Waals surface area contributed by atoms with Crippen LogP contribution in [-0.4, -0.2) is 4.92 Å². The summed E-state index contributed by atoms with van der Waals surface area (Å²) in [6.45, 7) is 0.335. The highest BCUT2D eigenvalue weighted by Gasteiger charge is 2.10. The van der Waals surface area contributed by atoms with Crippen molar-refractivity contribution in [2.75, 3.05) is 0 Å². The van der Waals surface area contributed by atoms with Crippen LogP contribution in [0.15, 0.2) is 45.3 Å². The molecule has 0 atom stereocenters. The van der Waals surface area contributed by atoms with E-state index in [4.69, 9.17) is 4.74 Å². The second-order valence-corrected chi connectivity index (χ2v) is 6.48. The number of halogens is 3. The average molecular weight is 480 g/mol. The number of nitro groups is 1. The molecule has 0 aromatic heterocycles. The maximum absolute atomic E-state index is 10.7. The first-order valence-electron chi connectivity index (χ1n) is 5.91. The first kappa shape index (κ1) is 16.5. The second-order valence-electron chi connectivity index (χ2n) is 4.21. The van der Waals surface area contributed by atoms with E-state index in [2.05, 4.69) is 47.8 Å². The van der Waals surface area contributed by atoms with Gasteiger partial charge in [0.05, 0.1) is 4.92 Å². The standard InChI is InChI=1S/C14H10Br3NO3/c15-7-10-5-12(3-4-13(10)16)21-8-9-1-2-11(18(19)20)6-14(9)17/h1-6H,7-8H2. The van der Waals surface area contributed by atoms with Gasteiger partial charge in [-0.25, -0.2) is 0 Å². The number of non-ortho nitro benzene ring substituents is 1. The van der Waals surface area contributed by atoms with Gasteiger partial charge in [0, 0.05) is 32.0 Å². The Hall–Kier alpha value is -0.920. The summed E-state index contributed by atoms with van der Waals surface area (Å²) in [5.41, 5.74) is 2.00. The maximum atomic E-state index is 10.7. The quantitative estimate of drug-likeness (QED) is 0.319. The summed E-state index contributed by atoms with van der Waals surface area (Å²) < 4.78 is 7.41. The summed E-state index contributed by atoms with van der Waals surface area (Å²) in [6, 6.07) is 10.4. The number of alkyl halides is 1. The minimum Gasteiger partial charge on any atom is -0.489 e. The minimum atomic E-state index is -0.424. The molecule has 0 N–H and O–H groups in total. The lowest BCUT2D eigenvalue weighted by atomic mass is 10.2. The van der Waals surface area contributed by atoms with E-state index in [-0.39, 0.29) is 5.69 Å². The Morgan fingerprint density at radius 1 is 1.05 bits per heavy atom. The van der Waals surface area contributed by atoms with Crippen molar-refractivity contribution in [3.05, 3.63) is 66.6 Å². The van der Waals surface area contributed by atoms with Gasteiger partial charge in [-0.1, -0.05) is 47.8 Å². The van der Waals surface area contributed by atoms with Crippen LogP contribution in [-0.2, 0) is 11.9 Å². The van der Waals surface area contributed by atoms with E-state index in [9.17, 15) is 10.1 Å². The van der Waals surface area contributed by atoms with Gasteiger partial charge in [0.25, 0.3) is 5.69 Å². The highest BCUT2D eigenvalue weighted by Crippen LogP contribution is 2.27. The molecule has 0 heterocycles. The van der Waals surface area contributed by atoms with Gasteiger partial charge in [-0.05, 0) is 29.8 Å². The van der Waals surface area contributed by atoms with Crippen molar-refractivity contribution in [2.45, 2.75) is 11.9 Å². The molecule has 0 aliphatic rings. The fraction of sp³-hybridized carbons (Fsp3) is 0.143. The molecule has 0 aliphatic carbocycles. The van der Waals surface area contributed by atoms with Crippen LogP contribution in [0.5, 0.6) is 5.75 Å². The van der Waals surface area contributed by atoms with Crippen LogP contribution >= 0.6 is 47.8 Å². The van der Waals surface area contributed by atoms with Crippen molar-refractivity contribution in [3.63, 3.8) is 0 Å². The molecule has 7 heteroatoms. The van der Waals surface area contributed by atoms with E-state index in [1.165, 1.54) is 12.1 Å². The third-order valence-electron chi connectivity index (χ3n) is 2.80. The van der Waals surface area contributed by atoms with E-state index >= 15 is 0 Å². The molecule has 0 saturated heterocycles. The van der Waals surface area contributed by atoms with Gasteiger partial charge in [-0.3, -0.25) is 10.1 Å². The highest BCUT2D eigenvalue weighted by molar-refractivity contribution is 9.11. The van der Waals surface area contributed by atoms with Gasteiger partial charge in [0.15, 0.2) is 0 Å². The van der Waals surface area contributed by atoms with Crippen LogP contribution in [0.1, 0.15) is 11.1 Å². The van der Waals surface area contributed by atoms with Gasteiger partial charge >= 0.3 is 0 Å². The van der Waals surface area contributed by atoms with E-state index < -0.39 is 4.92 Å². The Bertz CT molecular complexity index is 677. The third-order valence-corrected chi connectivity index (χ3v) is 4.92. The van der Waals surface area contributed by atoms with Crippen LogP contribution in [0, 0.1) is 10.1 Å². The van der Waals surface area contributed by atoms with Crippen molar-refractivity contribution in [3.8, 4) is 5.75 Å². The molecule has 2 aromatic rings. The molecule has 0 radical (unpaired) electrons. The van der Waals surface area contributed by atoms with Crippen LogP contribution in [0.4, 0.5) is 5.69 Å². The predicted molar refractivity (Wildman–Crippen MR) is 91.9 cm³/mol. The molecular weight excluding hydrogens is 470 g/mol. The Labute approximate surface area is 147 Å². The first-order valence-corrected chi connectivity index (χ1v) is 8.62. The number of rotatable bonds is 5. The molecule has 4 nitrogen and oxygen atoms in total. The molecule has 21 heavy (non-hydrogen) atoms. The van der Waals surface area contributed by atoms with Gasteiger partial charge in [0.2, 0.25) is 0 Å². The van der Waals surface area contributed by atoms with Crippen LogP contribution < -0.4 is 4.74 Å². The minimum absolute atomic E-state index is 0.0517. The van der Waals surface area contributed by atoms with Crippen LogP contribution in [0.3, 0.4) is 0 Å². The second kappa shape index (κ2) is 7.38. The molecule has 2 aromatic carbocycles. The van der Waals surface area contributed by atoms with Gasteiger partial charge < -0.3 is 4.74 Å². The van der Waals surface area contributed by atoms with Crippen molar-refractivity contribution in [1.29, 1.82) is 0 Å². The lowest BCUT2D eigenvalue weighted by Gasteiger charge is -2.10. The van der Waals surface area contributed by atoms with E-state index in [0.29, 0.717) is 11.1 Å². The number of hydrogen-bond donors (Lipinski definition) is 0. The molecule has 0 aliphatic heterocycles. The van der Waals surface area contributed by atoms with E-state index in [1.807, 2.05) is 18.2 Å². The Morgan fingerprint density at radius 3 is 2.43 bits per heavy atom. The van der Waals surface area contributed by atoms with Crippen LogP contribution in [0.2, 0.25) is 0 Å². The Kier molecular flexibility index (Phi) is 5.78. The van der Waals surface area contributed by atoms with E-state index in [0.717, 1.165) is 26.7 Å². The molecule has 2 rings (SSSR count). The fourth-order valence-electron chi connectivity index (χ4n) is 1.67. The maximum Gasteiger partial charge on any atom is 0.270 e. The first-order chi connectivity index (χ1) is 10.0. The van der Waals surface area contributed by atoms with Crippen molar-refractivity contribution in [2.24, 2.45) is 0 Å². The number of nitrogens with zero attached hydrogens (tertiary/aromatic N) is 1. The summed E-state index contributed by atoms with van der Waals surface area (Å²) in [5.74, 6) is 0.748. The molecule has 110 valence electrons. The molecule has 0 unspecified atom stereocenters. The normalized spacial score (nSPS) is 10.4. The molecule has 0 amide bonds. The molecule has 0 fully saturated rings. The zero-order valence-electron chi connectivity index (χ0n) is 10.7. The number of benzene rings is 2. The predicted octanol–water partition coefficient (Wildman–Crippen LogP) is 5.59. The van der Waals surface area contributed by atoms with Crippen molar-refractivity contribution in [1.82, 2.24) is 0 Å².